The van der Waals surface area contributed by atoms with E-state index in [1.165, 1.54) is 7.11 Å². The monoisotopic (exact) mass is 425 g/mol. The SMILES string of the molecule is BC1(N(C)Cc2c(C=O)cccc2NCc2cccc(OC)c2F)CCC(=O)NC1=O. The molecule has 1 unspecified atom stereocenters. The lowest BCUT2D eigenvalue weighted by atomic mass is 9.70. The lowest BCUT2D eigenvalue weighted by Crippen LogP contribution is -2.62. The molecule has 0 aliphatic carbocycles. The Morgan fingerprint density at radius 1 is 1.29 bits per heavy atom. The number of likely N-dealkylation sites (N-methyl/N-ethyl adjacent to an activating group) is 1. The Morgan fingerprint density at radius 3 is 2.71 bits per heavy atom. The Labute approximate surface area is 181 Å². The number of imide groups is 1. The molecule has 0 radical (unpaired) electrons. The van der Waals surface area contributed by atoms with Crippen LogP contribution in [0, 0.1) is 5.82 Å². The van der Waals surface area contributed by atoms with Crippen LogP contribution in [0.15, 0.2) is 36.4 Å². The van der Waals surface area contributed by atoms with Crippen LogP contribution in [0.2, 0.25) is 0 Å². The average Bonchev–Trinajstić information content (AvgIpc) is 2.76. The number of methoxy groups -OCH3 is 1. The molecule has 1 aliphatic rings. The maximum absolute atomic E-state index is 14.5. The van der Waals surface area contributed by atoms with Crippen LogP contribution >= 0.6 is 0 Å². The Balaban J connectivity index is 1.85. The van der Waals surface area contributed by atoms with Crippen LogP contribution in [0.4, 0.5) is 10.1 Å². The number of hydrogen-bond acceptors (Lipinski definition) is 6. The largest absolute Gasteiger partial charge is 0.494 e. The van der Waals surface area contributed by atoms with Gasteiger partial charge >= 0.3 is 0 Å². The number of rotatable bonds is 8. The van der Waals surface area contributed by atoms with Gasteiger partial charge in [0.1, 0.15) is 14.1 Å². The number of carbonyl (C=O) groups is 3. The van der Waals surface area contributed by atoms with Crippen LogP contribution in [-0.4, -0.2) is 50.4 Å². The molecule has 162 valence electrons. The second-order valence-corrected chi connectivity index (χ2v) is 7.79. The summed E-state index contributed by atoms with van der Waals surface area (Å²) in [6, 6.07) is 10.2. The maximum Gasteiger partial charge on any atom is 0.238 e. The number of halogens is 1. The van der Waals surface area contributed by atoms with E-state index in [0.29, 0.717) is 28.8 Å². The predicted molar refractivity (Wildman–Crippen MR) is 117 cm³/mol. The highest BCUT2D eigenvalue weighted by Gasteiger charge is 2.41. The normalized spacial score (nSPS) is 18.6. The van der Waals surface area contributed by atoms with Gasteiger partial charge in [-0.25, -0.2) is 4.39 Å². The van der Waals surface area contributed by atoms with Crippen molar-refractivity contribution in [2.45, 2.75) is 31.4 Å². The van der Waals surface area contributed by atoms with Gasteiger partial charge in [0.05, 0.1) is 12.5 Å². The van der Waals surface area contributed by atoms with Gasteiger partial charge in [0.25, 0.3) is 0 Å². The molecule has 1 fully saturated rings. The van der Waals surface area contributed by atoms with Crippen LogP contribution in [0.1, 0.15) is 34.3 Å². The second-order valence-electron chi connectivity index (χ2n) is 7.79. The predicted octanol–water partition coefficient (Wildman–Crippen LogP) is 1.46. The Bertz CT molecular complexity index is 1020. The van der Waals surface area contributed by atoms with Crippen molar-refractivity contribution in [3.63, 3.8) is 0 Å². The number of hydrogen-bond donors (Lipinski definition) is 2. The van der Waals surface area contributed by atoms with Crippen LogP contribution in [0.5, 0.6) is 5.75 Å². The third kappa shape index (κ3) is 4.61. The Hall–Kier alpha value is -3.20. The molecule has 2 aromatic carbocycles. The summed E-state index contributed by atoms with van der Waals surface area (Å²) in [7, 11) is 4.96. The third-order valence-corrected chi connectivity index (χ3v) is 5.89. The van der Waals surface area contributed by atoms with Gasteiger partial charge in [-0.15, -0.1) is 0 Å². The van der Waals surface area contributed by atoms with Gasteiger partial charge in [-0.2, -0.15) is 0 Å². The van der Waals surface area contributed by atoms with Gasteiger partial charge in [-0.1, -0.05) is 24.3 Å². The first-order valence-corrected chi connectivity index (χ1v) is 9.98. The minimum absolute atomic E-state index is 0.159. The molecule has 1 heterocycles. The van der Waals surface area contributed by atoms with Crippen LogP contribution in [0.25, 0.3) is 0 Å². The van der Waals surface area contributed by atoms with Crippen molar-refractivity contribution < 1.29 is 23.5 Å². The van der Waals surface area contributed by atoms with E-state index in [-0.39, 0.29) is 37.1 Å². The van der Waals surface area contributed by atoms with Crippen molar-refractivity contribution in [2.24, 2.45) is 0 Å². The molecule has 1 saturated heterocycles. The lowest BCUT2D eigenvalue weighted by molar-refractivity contribution is -0.139. The number of ether oxygens (including phenoxy) is 1. The molecule has 1 aliphatic heterocycles. The number of aldehydes is 1. The quantitative estimate of drug-likeness (QED) is 0.378. The molecule has 7 nitrogen and oxygen atoms in total. The van der Waals surface area contributed by atoms with E-state index in [1.807, 2.05) is 4.90 Å². The zero-order chi connectivity index (χ0) is 22.6. The maximum atomic E-state index is 14.5. The molecule has 0 aromatic heterocycles. The van der Waals surface area contributed by atoms with Crippen molar-refractivity contribution >= 4 is 31.6 Å². The molecule has 2 aromatic rings. The van der Waals surface area contributed by atoms with E-state index < -0.39 is 11.3 Å². The number of piperidine rings is 1. The minimum Gasteiger partial charge on any atom is -0.494 e. The molecule has 9 heteroatoms. The summed E-state index contributed by atoms with van der Waals surface area (Å²) >= 11 is 0. The summed E-state index contributed by atoms with van der Waals surface area (Å²) in [5.41, 5.74) is 1.36. The molecule has 1 atom stereocenters. The number of benzene rings is 2. The van der Waals surface area contributed by atoms with E-state index in [2.05, 4.69) is 10.6 Å². The summed E-state index contributed by atoms with van der Waals surface area (Å²) in [5.74, 6) is -0.930. The molecule has 2 N–H and O–H groups in total. The van der Waals surface area contributed by atoms with Crippen molar-refractivity contribution in [1.82, 2.24) is 10.2 Å². The number of nitrogens with zero attached hydrogens (tertiary/aromatic N) is 1. The van der Waals surface area contributed by atoms with E-state index in [9.17, 15) is 18.8 Å². The lowest BCUT2D eigenvalue weighted by Gasteiger charge is -2.40. The summed E-state index contributed by atoms with van der Waals surface area (Å²) in [5, 5.41) is 5.58. The van der Waals surface area contributed by atoms with E-state index in [0.717, 1.165) is 6.29 Å². The first-order chi connectivity index (χ1) is 14.8. The molecule has 3 rings (SSSR count). The van der Waals surface area contributed by atoms with Gasteiger partial charge in [0.2, 0.25) is 11.8 Å². The number of carbonyl (C=O) groups excluding carboxylic acids is 3. The molecular weight excluding hydrogens is 400 g/mol. The summed E-state index contributed by atoms with van der Waals surface area (Å²) in [4.78, 5) is 37.6. The molecule has 0 saturated carbocycles. The van der Waals surface area contributed by atoms with Crippen molar-refractivity contribution in [2.75, 3.05) is 19.5 Å². The van der Waals surface area contributed by atoms with Crippen molar-refractivity contribution in [1.29, 1.82) is 0 Å². The molecular formula is C22H25BFN3O4. The fraction of sp³-hybridized carbons (Fsp3) is 0.318. The highest BCUT2D eigenvalue weighted by atomic mass is 19.1. The van der Waals surface area contributed by atoms with Gasteiger partial charge < -0.3 is 10.1 Å². The van der Waals surface area contributed by atoms with Gasteiger partial charge in [-0.3, -0.25) is 24.6 Å². The van der Waals surface area contributed by atoms with E-state index in [1.54, 1.807) is 51.3 Å². The summed E-state index contributed by atoms with van der Waals surface area (Å²) in [6.07, 6.45) is 1.39. The summed E-state index contributed by atoms with van der Waals surface area (Å²) < 4.78 is 19.5. The zero-order valence-electron chi connectivity index (χ0n) is 17.8. The standard InChI is InChI=1S/C22H25BFN3O4/c1-27(22(23)10-9-19(29)26-21(22)30)12-16-15(13-28)6-3-7-17(16)25-11-14-5-4-8-18(31-2)20(14)24/h3-8,13,25H,9-12,23H2,1-2H3,(H,26,29,30). The van der Waals surface area contributed by atoms with Gasteiger partial charge in [0, 0.05) is 36.3 Å². The average molecular weight is 425 g/mol. The van der Waals surface area contributed by atoms with Crippen molar-refractivity contribution in [3.05, 3.63) is 58.9 Å². The Morgan fingerprint density at radius 2 is 2.03 bits per heavy atom. The fourth-order valence-corrected chi connectivity index (χ4v) is 3.67. The third-order valence-electron chi connectivity index (χ3n) is 5.89. The number of amides is 2. The van der Waals surface area contributed by atoms with Crippen LogP contribution < -0.4 is 15.4 Å². The molecule has 31 heavy (non-hydrogen) atoms. The number of anilines is 1. The van der Waals surface area contributed by atoms with Crippen LogP contribution in [0.3, 0.4) is 0 Å². The Kier molecular flexibility index (Phi) is 6.75. The fourth-order valence-electron chi connectivity index (χ4n) is 3.67. The van der Waals surface area contributed by atoms with Gasteiger partial charge in [-0.05, 0) is 31.2 Å². The topological polar surface area (TPSA) is 87.7 Å². The van der Waals surface area contributed by atoms with Crippen LogP contribution in [-0.2, 0) is 22.7 Å². The molecule has 0 spiro atoms. The minimum atomic E-state index is -0.889. The van der Waals surface area contributed by atoms with E-state index >= 15 is 0 Å². The van der Waals surface area contributed by atoms with E-state index in [4.69, 9.17) is 4.74 Å². The zero-order valence-corrected chi connectivity index (χ0v) is 17.8. The number of nitrogens with one attached hydrogen (secondary N) is 2. The molecule has 0 bridgehead atoms. The highest BCUT2D eigenvalue weighted by Crippen LogP contribution is 2.28. The van der Waals surface area contributed by atoms with Gasteiger partial charge in [0.15, 0.2) is 11.6 Å². The first-order valence-electron chi connectivity index (χ1n) is 9.98. The van der Waals surface area contributed by atoms with Crippen molar-refractivity contribution in [3.8, 4) is 5.75 Å². The second kappa shape index (κ2) is 9.30. The first kappa shape index (κ1) is 22.5. The summed E-state index contributed by atoms with van der Waals surface area (Å²) in [6.45, 7) is 0.476. The highest BCUT2D eigenvalue weighted by molar-refractivity contribution is 6.30. The smallest absolute Gasteiger partial charge is 0.238 e. The molecule has 2 amide bonds.